The van der Waals surface area contributed by atoms with Crippen LogP contribution in [0.1, 0.15) is 46.5 Å². The fraction of sp³-hybridized carbons (Fsp3) is 0.857. The molecule has 0 radical (unpaired) electrons. The molecule has 1 saturated heterocycles. The Hall–Kier alpha value is -0.710. The zero-order valence-corrected chi connectivity index (χ0v) is 13.3. The van der Waals surface area contributed by atoms with E-state index in [9.17, 15) is 9.59 Å². The maximum Gasteiger partial charge on any atom is 0.245 e. The summed E-state index contributed by atoms with van der Waals surface area (Å²) in [6.07, 6.45) is 5.25. The fourth-order valence-corrected chi connectivity index (χ4v) is 3.37. The number of nitrogens with one attached hydrogen (secondary N) is 1. The lowest BCUT2D eigenvalue weighted by atomic mass is 10.0. The van der Waals surface area contributed by atoms with E-state index in [0.717, 1.165) is 19.4 Å². The number of rotatable bonds is 6. The van der Waals surface area contributed by atoms with E-state index in [1.807, 2.05) is 23.6 Å². The molecule has 1 atom stereocenters. The number of hydrogen-bond donors (Lipinski definition) is 1. The van der Waals surface area contributed by atoms with Gasteiger partial charge in [-0.25, -0.2) is 0 Å². The van der Waals surface area contributed by atoms with E-state index in [1.165, 1.54) is 0 Å². The van der Waals surface area contributed by atoms with E-state index >= 15 is 0 Å². The lowest BCUT2D eigenvalue weighted by Gasteiger charge is -2.36. The summed E-state index contributed by atoms with van der Waals surface area (Å²) in [5, 5.41) is 2.81. The lowest BCUT2D eigenvalue weighted by Crippen LogP contribution is -2.49. The maximum atomic E-state index is 12.4. The first kappa shape index (κ1) is 16.3. The van der Waals surface area contributed by atoms with Crippen LogP contribution in [0.3, 0.4) is 0 Å². The van der Waals surface area contributed by atoms with Gasteiger partial charge in [0.15, 0.2) is 0 Å². The van der Waals surface area contributed by atoms with Crippen LogP contribution < -0.4 is 5.32 Å². The first-order valence-electron chi connectivity index (χ1n) is 7.15. The Morgan fingerprint density at radius 3 is 2.42 bits per heavy atom. The average molecular weight is 286 g/mol. The summed E-state index contributed by atoms with van der Waals surface area (Å²) < 4.78 is 0.112. The molecule has 0 aromatic heterocycles. The first-order chi connectivity index (χ1) is 9.01. The standard InChI is InChI=1S/C14H26N2O2S/c1-5-11-13(18)16(9-8-12(17)15-11)10-14(6-2,7-3)19-4/h11H,5-10H2,1-4H3,(H,15,17). The van der Waals surface area contributed by atoms with Crippen LogP contribution in [0.25, 0.3) is 0 Å². The highest BCUT2D eigenvalue weighted by molar-refractivity contribution is 8.00. The van der Waals surface area contributed by atoms with Crippen molar-refractivity contribution in [2.24, 2.45) is 0 Å². The summed E-state index contributed by atoms with van der Waals surface area (Å²) in [5.74, 6) is 0.0686. The molecule has 1 unspecified atom stereocenters. The van der Waals surface area contributed by atoms with E-state index in [0.29, 0.717) is 19.4 Å². The smallest absolute Gasteiger partial charge is 0.245 e. The van der Waals surface area contributed by atoms with Gasteiger partial charge in [-0.05, 0) is 25.5 Å². The van der Waals surface area contributed by atoms with Crippen molar-refractivity contribution in [3.05, 3.63) is 0 Å². The van der Waals surface area contributed by atoms with E-state index in [4.69, 9.17) is 0 Å². The molecule has 1 N–H and O–H groups in total. The molecular formula is C14H26N2O2S. The van der Waals surface area contributed by atoms with Gasteiger partial charge in [-0.3, -0.25) is 9.59 Å². The van der Waals surface area contributed by atoms with Gasteiger partial charge in [-0.15, -0.1) is 0 Å². The van der Waals surface area contributed by atoms with Crippen LogP contribution in [0.5, 0.6) is 0 Å². The van der Waals surface area contributed by atoms with Crippen molar-refractivity contribution in [1.29, 1.82) is 0 Å². The molecule has 0 aromatic carbocycles. The average Bonchev–Trinajstić information content (AvgIpc) is 2.57. The first-order valence-corrected chi connectivity index (χ1v) is 8.37. The molecular weight excluding hydrogens is 260 g/mol. The Morgan fingerprint density at radius 2 is 1.95 bits per heavy atom. The van der Waals surface area contributed by atoms with Crippen LogP contribution in [0, 0.1) is 0 Å². The normalized spacial score (nSPS) is 21.3. The van der Waals surface area contributed by atoms with Crippen molar-refractivity contribution < 1.29 is 9.59 Å². The minimum atomic E-state index is -0.344. The van der Waals surface area contributed by atoms with Gasteiger partial charge in [0, 0.05) is 24.3 Å². The van der Waals surface area contributed by atoms with Gasteiger partial charge in [0.1, 0.15) is 6.04 Å². The monoisotopic (exact) mass is 286 g/mol. The number of carbonyl (C=O) groups is 2. The highest BCUT2D eigenvalue weighted by atomic mass is 32.2. The zero-order chi connectivity index (χ0) is 14.5. The Labute approximate surface area is 120 Å². The molecule has 5 heteroatoms. The van der Waals surface area contributed by atoms with Crippen molar-refractivity contribution >= 4 is 23.6 Å². The van der Waals surface area contributed by atoms with E-state index < -0.39 is 0 Å². The lowest BCUT2D eigenvalue weighted by molar-refractivity contribution is -0.134. The topological polar surface area (TPSA) is 49.4 Å². The molecule has 0 bridgehead atoms. The Morgan fingerprint density at radius 1 is 1.32 bits per heavy atom. The van der Waals surface area contributed by atoms with Gasteiger partial charge in [0.05, 0.1) is 0 Å². The van der Waals surface area contributed by atoms with Crippen LogP contribution in [-0.2, 0) is 9.59 Å². The minimum Gasteiger partial charge on any atom is -0.344 e. The highest BCUT2D eigenvalue weighted by Gasteiger charge is 2.34. The molecule has 2 amide bonds. The van der Waals surface area contributed by atoms with Gasteiger partial charge in [-0.2, -0.15) is 11.8 Å². The summed E-state index contributed by atoms with van der Waals surface area (Å²) in [4.78, 5) is 26.0. The summed E-state index contributed by atoms with van der Waals surface area (Å²) >= 11 is 1.83. The number of amides is 2. The quantitative estimate of drug-likeness (QED) is 0.813. The predicted molar refractivity (Wildman–Crippen MR) is 80.2 cm³/mol. The molecule has 19 heavy (non-hydrogen) atoms. The summed E-state index contributed by atoms with van der Waals surface area (Å²) in [7, 11) is 0. The van der Waals surface area contributed by atoms with Crippen LogP contribution in [0.15, 0.2) is 0 Å². The second-order valence-corrected chi connectivity index (χ2v) is 6.41. The molecule has 0 aromatic rings. The zero-order valence-electron chi connectivity index (χ0n) is 12.5. The third-order valence-electron chi connectivity index (χ3n) is 4.16. The summed E-state index contributed by atoms with van der Waals surface area (Å²) in [6, 6.07) is -0.344. The minimum absolute atomic E-state index is 0.00884. The van der Waals surface area contributed by atoms with Gasteiger partial charge in [0.25, 0.3) is 0 Å². The fourth-order valence-electron chi connectivity index (χ4n) is 2.50. The maximum absolute atomic E-state index is 12.4. The van der Waals surface area contributed by atoms with Crippen LogP contribution in [0.4, 0.5) is 0 Å². The molecule has 1 rings (SSSR count). The number of nitrogens with zero attached hydrogens (tertiary/aromatic N) is 1. The predicted octanol–water partition coefficient (Wildman–Crippen LogP) is 2.04. The molecule has 1 fully saturated rings. The molecule has 0 saturated carbocycles. The largest absolute Gasteiger partial charge is 0.344 e. The Balaban J connectivity index is 2.85. The van der Waals surface area contributed by atoms with Crippen molar-refractivity contribution in [3.8, 4) is 0 Å². The van der Waals surface area contributed by atoms with Crippen LogP contribution in [0.2, 0.25) is 0 Å². The molecule has 0 aliphatic carbocycles. The van der Waals surface area contributed by atoms with Crippen LogP contribution >= 0.6 is 11.8 Å². The Bertz CT molecular complexity index is 321. The van der Waals surface area contributed by atoms with Crippen molar-refractivity contribution in [1.82, 2.24) is 10.2 Å². The van der Waals surface area contributed by atoms with E-state index in [-0.39, 0.29) is 22.6 Å². The van der Waals surface area contributed by atoms with Gasteiger partial charge in [-0.1, -0.05) is 20.8 Å². The third kappa shape index (κ3) is 3.88. The SMILES string of the molecule is CCC1NC(=O)CCN(CC(CC)(CC)SC)C1=O. The summed E-state index contributed by atoms with van der Waals surface area (Å²) in [6.45, 7) is 7.56. The van der Waals surface area contributed by atoms with E-state index in [2.05, 4.69) is 25.4 Å². The van der Waals surface area contributed by atoms with Gasteiger partial charge in [0.2, 0.25) is 11.8 Å². The van der Waals surface area contributed by atoms with Crippen molar-refractivity contribution in [2.75, 3.05) is 19.3 Å². The molecule has 0 spiro atoms. The second-order valence-electron chi connectivity index (χ2n) is 5.13. The van der Waals surface area contributed by atoms with Crippen molar-refractivity contribution in [2.45, 2.75) is 57.2 Å². The number of thioether (sulfide) groups is 1. The summed E-state index contributed by atoms with van der Waals surface area (Å²) in [5.41, 5.74) is 0. The van der Waals surface area contributed by atoms with Crippen molar-refractivity contribution in [3.63, 3.8) is 0 Å². The molecule has 1 aliphatic heterocycles. The van der Waals surface area contributed by atoms with E-state index in [1.54, 1.807) is 0 Å². The molecule has 1 aliphatic rings. The molecule has 110 valence electrons. The molecule has 1 heterocycles. The van der Waals surface area contributed by atoms with Gasteiger partial charge >= 0.3 is 0 Å². The molecule has 4 nitrogen and oxygen atoms in total. The Kier molecular flexibility index (Phi) is 6.17. The van der Waals surface area contributed by atoms with Gasteiger partial charge < -0.3 is 10.2 Å². The highest BCUT2D eigenvalue weighted by Crippen LogP contribution is 2.32. The number of hydrogen-bond acceptors (Lipinski definition) is 3. The number of carbonyl (C=O) groups excluding carboxylic acids is 2. The second kappa shape index (κ2) is 7.17. The third-order valence-corrected chi connectivity index (χ3v) is 5.74. The van der Waals surface area contributed by atoms with Crippen LogP contribution in [-0.4, -0.2) is 46.8 Å².